The minimum absolute atomic E-state index is 0.0405. The third-order valence-corrected chi connectivity index (χ3v) is 5.28. The molecule has 0 bridgehead atoms. The van der Waals surface area contributed by atoms with E-state index in [1.54, 1.807) is 12.5 Å². The monoisotopic (exact) mass is 397 g/mol. The molecule has 2 aromatic rings. The number of urea groups is 1. The molecule has 3 rings (SSSR count). The summed E-state index contributed by atoms with van der Waals surface area (Å²) in [5, 5.41) is 5.96. The molecule has 1 aromatic carbocycles. The number of hydrogen-bond acceptors (Lipinski definition) is 3. The zero-order valence-electron chi connectivity index (χ0n) is 17.3. The number of hydrogen-bond donors (Lipinski definition) is 2. The van der Waals surface area contributed by atoms with Crippen molar-refractivity contribution in [1.82, 2.24) is 25.1 Å². The van der Waals surface area contributed by atoms with Crippen LogP contribution in [0.1, 0.15) is 49.9 Å². The minimum atomic E-state index is -0.103. The van der Waals surface area contributed by atoms with Crippen molar-refractivity contribution >= 4 is 11.9 Å². The molecular weight excluding hydrogens is 366 g/mol. The van der Waals surface area contributed by atoms with Crippen LogP contribution < -0.4 is 10.6 Å². The lowest BCUT2D eigenvalue weighted by Crippen LogP contribution is -2.49. The van der Waals surface area contributed by atoms with Crippen molar-refractivity contribution in [2.45, 2.75) is 45.6 Å². The zero-order valence-corrected chi connectivity index (χ0v) is 17.3. The number of carbonyl (C=O) groups is 2. The molecule has 0 radical (unpaired) electrons. The number of piperidine rings is 1. The summed E-state index contributed by atoms with van der Waals surface area (Å²) in [5.74, 6) is 0.697. The standard InChI is InChI=1S/C22H31N5O2/c1-17(2)4-3-11-24-22(29)25-19-9-13-26(14-10-19)21(28)18-5-7-20(8-6-18)27-15-12-23-16-27/h5-8,12,15-17,19H,3-4,9-11,13-14H2,1-2H3,(H2,24,25,29). The first-order valence-electron chi connectivity index (χ1n) is 10.4. The van der Waals surface area contributed by atoms with Crippen molar-refractivity contribution in [2.75, 3.05) is 19.6 Å². The van der Waals surface area contributed by atoms with Gasteiger partial charge in [0.1, 0.15) is 0 Å². The molecule has 1 aliphatic rings. The second kappa shape index (κ2) is 10.1. The third kappa shape index (κ3) is 6.07. The molecule has 156 valence electrons. The highest BCUT2D eigenvalue weighted by atomic mass is 16.2. The van der Waals surface area contributed by atoms with E-state index < -0.39 is 0 Å². The molecule has 7 heteroatoms. The van der Waals surface area contributed by atoms with E-state index in [9.17, 15) is 9.59 Å². The first-order chi connectivity index (χ1) is 14.0. The summed E-state index contributed by atoms with van der Waals surface area (Å²) in [4.78, 5) is 30.7. The van der Waals surface area contributed by atoms with Gasteiger partial charge in [0.2, 0.25) is 0 Å². The Morgan fingerprint density at radius 1 is 1.17 bits per heavy atom. The summed E-state index contributed by atoms with van der Waals surface area (Å²) in [6, 6.07) is 7.57. The van der Waals surface area contributed by atoms with Gasteiger partial charge in [0.15, 0.2) is 0 Å². The van der Waals surface area contributed by atoms with Gasteiger partial charge in [-0.05, 0) is 55.9 Å². The van der Waals surface area contributed by atoms with Crippen LogP contribution in [0.15, 0.2) is 43.0 Å². The first-order valence-corrected chi connectivity index (χ1v) is 10.4. The quantitative estimate of drug-likeness (QED) is 0.704. The van der Waals surface area contributed by atoms with Crippen LogP contribution in [-0.2, 0) is 0 Å². The van der Waals surface area contributed by atoms with E-state index in [4.69, 9.17) is 0 Å². The molecule has 0 saturated carbocycles. The Kier molecular flexibility index (Phi) is 7.27. The number of benzene rings is 1. The Hall–Kier alpha value is -2.83. The van der Waals surface area contributed by atoms with Gasteiger partial charge in [0, 0.05) is 49.3 Å². The second-order valence-corrected chi connectivity index (χ2v) is 8.02. The number of carbonyl (C=O) groups excluding carboxylic acids is 2. The van der Waals surface area contributed by atoms with Gasteiger partial charge in [-0.1, -0.05) is 13.8 Å². The number of likely N-dealkylation sites (tertiary alicyclic amines) is 1. The van der Waals surface area contributed by atoms with Crippen molar-refractivity contribution in [3.05, 3.63) is 48.5 Å². The number of nitrogens with one attached hydrogen (secondary N) is 2. The number of nitrogens with zero attached hydrogens (tertiary/aromatic N) is 3. The zero-order chi connectivity index (χ0) is 20.6. The number of amides is 3. The molecule has 1 fully saturated rings. The molecule has 2 heterocycles. The van der Waals surface area contributed by atoms with Crippen LogP contribution in [0.4, 0.5) is 4.79 Å². The van der Waals surface area contributed by atoms with Crippen LogP contribution in [-0.4, -0.2) is 52.1 Å². The molecule has 29 heavy (non-hydrogen) atoms. The second-order valence-electron chi connectivity index (χ2n) is 8.02. The highest BCUT2D eigenvalue weighted by Gasteiger charge is 2.24. The van der Waals surface area contributed by atoms with Crippen LogP contribution in [0.3, 0.4) is 0 Å². The summed E-state index contributed by atoms with van der Waals surface area (Å²) in [7, 11) is 0. The van der Waals surface area contributed by atoms with Gasteiger partial charge in [-0.15, -0.1) is 0 Å². The molecule has 0 unspecified atom stereocenters. The Morgan fingerprint density at radius 2 is 1.90 bits per heavy atom. The van der Waals surface area contributed by atoms with E-state index >= 15 is 0 Å². The summed E-state index contributed by atoms with van der Waals surface area (Å²) in [6.07, 6.45) is 8.99. The molecule has 3 amide bonds. The van der Waals surface area contributed by atoms with Gasteiger partial charge < -0.3 is 20.1 Å². The van der Waals surface area contributed by atoms with Crippen molar-refractivity contribution in [3.8, 4) is 5.69 Å². The Labute approximate surface area is 172 Å². The smallest absolute Gasteiger partial charge is 0.315 e. The Morgan fingerprint density at radius 3 is 2.52 bits per heavy atom. The molecular formula is C22H31N5O2. The summed E-state index contributed by atoms with van der Waals surface area (Å²) >= 11 is 0. The molecule has 2 N–H and O–H groups in total. The predicted molar refractivity (Wildman–Crippen MR) is 113 cm³/mol. The fourth-order valence-electron chi connectivity index (χ4n) is 3.55. The summed E-state index contributed by atoms with van der Waals surface area (Å²) in [5.41, 5.74) is 1.66. The topological polar surface area (TPSA) is 79.3 Å². The van der Waals surface area contributed by atoms with Crippen molar-refractivity contribution in [3.63, 3.8) is 0 Å². The highest BCUT2D eigenvalue weighted by molar-refractivity contribution is 5.94. The van der Waals surface area contributed by atoms with Crippen molar-refractivity contribution in [1.29, 1.82) is 0 Å². The first kappa shape index (κ1) is 20.9. The summed E-state index contributed by atoms with van der Waals surface area (Å²) in [6.45, 7) is 6.38. The van der Waals surface area contributed by atoms with E-state index in [2.05, 4.69) is 29.5 Å². The van der Waals surface area contributed by atoms with Crippen LogP contribution in [0.25, 0.3) is 5.69 Å². The molecule has 0 spiro atoms. The maximum atomic E-state index is 12.8. The van der Waals surface area contributed by atoms with Crippen LogP contribution >= 0.6 is 0 Å². The maximum Gasteiger partial charge on any atom is 0.315 e. The molecule has 7 nitrogen and oxygen atoms in total. The van der Waals surface area contributed by atoms with E-state index in [1.807, 2.05) is 39.9 Å². The summed E-state index contributed by atoms with van der Waals surface area (Å²) < 4.78 is 1.90. The normalized spacial score (nSPS) is 14.8. The highest BCUT2D eigenvalue weighted by Crippen LogP contribution is 2.16. The van der Waals surface area contributed by atoms with E-state index in [0.717, 1.165) is 31.4 Å². The molecule has 0 atom stereocenters. The fraction of sp³-hybridized carbons (Fsp3) is 0.500. The van der Waals surface area contributed by atoms with Crippen molar-refractivity contribution in [2.24, 2.45) is 5.92 Å². The van der Waals surface area contributed by atoms with Gasteiger partial charge in [-0.3, -0.25) is 4.79 Å². The molecule has 0 aliphatic carbocycles. The van der Waals surface area contributed by atoms with Gasteiger partial charge in [-0.25, -0.2) is 9.78 Å². The average molecular weight is 398 g/mol. The lowest BCUT2D eigenvalue weighted by Gasteiger charge is -2.32. The van der Waals surface area contributed by atoms with Crippen molar-refractivity contribution < 1.29 is 9.59 Å². The Balaban J connectivity index is 1.42. The Bertz CT molecular complexity index is 778. The minimum Gasteiger partial charge on any atom is -0.338 e. The number of rotatable bonds is 7. The maximum absolute atomic E-state index is 12.8. The lowest BCUT2D eigenvalue weighted by atomic mass is 10.0. The average Bonchev–Trinajstić information content (AvgIpc) is 3.26. The number of imidazole rings is 1. The third-order valence-electron chi connectivity index (χ3n) is 5.28. The van der Waals surface area contributed by atoms with Crippen LogP contribution in [0.5, 0.6) is 0 Å². The van der Waals surface area contributed by atoms with Gasteiger partial charge >= 0.3 is 6.03 Å². The SMILES string of the molecule is CC(C)CCCNC(=O)NC1CCN(C(=O)c2ccc(-n3ccnc3)cc2)CC1. The number of aromatic nitrogens is 2. The van der Waals surface area contributed by atoms with Gasteiger partial charge in [0.25, 0.3) is 5.91 Å². The van der Waals surface area contributed by atoms with E-state index in [0.29, 0.717) is 31.1 Å². The van der Waals surface area contributed by atoms with Gasteiger partial charge in [0.05, 0.1) is 6.33 Å². The molecule has 1 aromatic heterocycles. The van der Waals surface area contributed by atoms with Crippen LogP contribution in [0, 0.1) is 5.92 Å². The van der Waals surface area contributed by atoms with E-state index in [1.165, 1.54) is 0 Å². The lowest BCUT2D eigenvalue weighted by molar-refractivity contribution is 0.0708. The van der Waals surface area contributed by atoms with Gasteiger partial charge in [-0.2, -0.15) is 0 Å². The molecule has 1 aliphatic heterocycles. The molecule has 1 saturated heterocycles. The van der Waals surface area contributed by atoms with Crippen LogP contribution in [0.2, 0.25) is 0 Å². The largest absolute Gasteiger partial charge is 0.338 e. The fourth-order valence-corrected chi connectivity index (χ4v) is 3.55. The predicted octanol–water partition coefficient (Wildman–Crippen LogP) is 3.21. The van der Waals surface area contributed by atoms with E-state index in [-0.39, 0.29) is 18.0 Å².